The van der Waals surface area contributed by atoms with Gasteiger partial charge in [0.2, 0.25) is 0 Å². The van der Waals surface area contributed by atoms with Gasteiger partial charge in [-0.2, -0.15) is 0 Å². The molecular formula is C57H46. The first-order valence-corrected chi connectivity index (χ1v) is 20.5. The summed E-state index contributed by atoms with van der Waals surface area (Å²) in [6, 6.07) is 64.2. The number of hydrogen-bond acceptors (Lipinski definition) is 0. The first-order chi connectivity index (χ1) is 27.5. The highest BCUT2D eigenvalue weighted by Gasteiger charge is 2.39. The van der Waals surface area contributed by atoms with Gasteiger partial charge in [0.05, 0.1) is 0 Å². The summed E-state index contributed by atoms with van der Waals surface area (Å²) in [5, 5.41) is 0. The van der Waals surface area contributed by atoms with Crippen LogP contribution in [-0.2, 0) is 16.2 Å². The third-order valence-electron chi connectivity index (χ3n) is 13.9. The first-order valence-electron chi connectivity index (χ1n) is 20.5. The molecule has 0 heterocycles. The van der Waals surface area contributed by atoms with E-state index in [4.69, 9.17) is 0 Å². The van der Waals surface area contributed by atoms with E-state index < -0.39 is 0 Å². The van der Waals surface area contributed by atoms with Crippen molar-refractivity contribution in [1.29, 1.82) is 0 Å². The molecule has 0 radical (unpaired) electrons. The Morgan fingerprint density at radius 1 is 0.211 bits per heavy atom. The van der Waals surface area contributed by atoms with E-state index in [0.717, 1.165) is 0 Å². The Balaban J connectivity index is 0.913. The van der Waals surface area contributed by atoms with Crippen LogP contribution in [0.5, 0.6) is 0 Å². The Hall–Kier alpha value is -6.24. The largest absolute Gasteiger partial charge is 0.0622 e. The molecule has 0 saturated carbocycles. The highest BCUT2D eigenvalue weighted by molar-refractivity contribution is 5.90. The summed E-state index contributed by atoms with van der Waals surface area (Å²) < 4.78 is 0. The van der Waals surface area contributed by atoms with Gasteiger partial charge < -0.3 is 0 Å². The van der Waals surface area contributed by atoms with Crippen molar-refractivity contribution < 1.29 is 0 Å². The average Bonchev–Trinajstić information content (AvgIpc) is 3.72. The van der Waals surface area contributed by atoms with Crippen LogP contribution in [0.15, 0.2) is 170 Å². The summed E-state index contributed by atoms with van der Waals surface area (Å²) in [6.07, 6.45) is 0. The molecule has 8 aromatic rings. The molecule has 0 spiro atoms. The van der Waals surface area contributed by atoms with E-state index in [1.807, 2.05) is 0 Å². The minimum absolute atomic E-state index is 0.0154. The van der Waals surface area contributed by atoms with E-state index in [2.05, 4.69) is 211 Å². The van der Waals surface area contributed by atoms with Crippen molar-refractivity contribution in [3.63, 3.8) is 0 Å². The minimum Gasteiger partial charge on any atom is -0.0622 e. The molecule has 0 amide bonds. The van der Waals surface area contributed by atoms with Crippen molar-refractivity contribution in [2.75, 3.05) is 0 Å². The smallest absolute Gasteiger partial charge is 0.0159 e. The van der Waals surface area contributed by atoms with Crippen LogP contribution in [-0.4, -0.2) is 0 Å². The van der Waals surface area contributed by atoms with Gasteiger partial charge >= 0.3 is 0 Å². The fourth-order valence-corrected chi connectivity index (χ4v) is 10.6. The Bertz CT molecular complexity index is 2970. The number of benzene rings is 8. The Kier molecular flexibility index (Phi) is 7.10. The second-order valence-corrected chi connectivity index (χ2v) is 18.2. The van der Waals surface area contributed by atoms with Gasteiger partial charge in [0.15, 0.2) is 0 Å². The summed E-state index contributed by atoms with van der Waals surface area (Å²) in [4.78, 5) is 0. The van der Waals surface area contributed by atoms with Gasteiger partial charge in [0.25, 0.3) is 0 Å². The van der Waals surface area contributed by atoms with E-state index in [9.17, 15) is 0 Å². The molecule has 0 unspecified atom stereocenters. The molecule has 0 N–H and O–H groups in total. The molecule has 274 valence electrons. The predicted molar refractivity (Wildman–Crippen MR) is 241 cm³/mol. The van der Waals surface area contributed by atoms with Crippen molar-refractivity contribution in [3.05, 3.63) is 203 Å². The third kappa shape index (κ3) is 4.93. The van der Waals surface area contributed by atoms with E-state index >= 15 is 0 Å². The van der Waals surface area contributed by atoms with Crippen molar-refractivity contribution in [2.45, 2.75) is 57.8 Å². The van der Waals surface area contributed by atoms with Crippen molar-refractivity contribution in [3.8, 4) is 77.9 Å². The first kappa shape index (κ1) is 34.0. The topological polar surface area (TPSA) is 0 Å². The van der Waals surface area contributed by atoms with Gasteiger partial charge in [-0.1, -0.05) is 175 Å². The standard InChI is InChI=1S/C57H46/c1-55(2)49-18-11-10-17-43(49)44-24-20-39(31-50(44)55)40-21-26-47-48-28-23-42(34-54(48)57(5,6)53(47)32-40)41-22-27-46-45-25-19-38(30-51(45)56(3,4)52(46)33-41)37-16-12-15-36(29-37)35-13-8-7-9-14-35/h7-34H,1-6H3. The monoisotopic (exact) mass is 730 g/mol. The van der Waals surface area contributed by atoms with Crippen molar-refractivity contribution in [2.24, 2.45) is 0 Å². The van der Waals surface area contributed by atoms with E-state index in [0.29, 0.717) is 0 Å². The number of rotatable bonds is 4. The molecular weight excluding hydrogens is 685 g/mol. The van der Waals surface area contributed by atoms with E-state index in [-0.39, 0.29) is 16.2 Å². The lowest BCUT2D eigenvalue weighted by Gasteiger charge is -2.24. The summed E-state index contributed by atoms with van der Waals surface area (Å²) in [7, 11) is 0. The molecule has 57 heavy (non-hydrogen) atoms. The van der Waals surface area contributed by atoms with Gasteiger partial charge in [-0.05, 0) is 148 Å². The molecule has 11 rings (SSSR count). The highest BCUT2D eigenvalue weighted by Crippen LogP contribution is 2.54. The Morgan fingerprint density at radius 3 is 0.895 bits per heavy atom. The normalized spacial score (nSPS) is 15.6. The summed E-state index contributed by atoms with van der Waals surface area (Å²) in [5.41, 5.74) is 26.5. The summed E-state index contributed by atoms with van der Waals surface area (Å²) >= 11 is 0. The van der Waals surface area contributed by atoms with Crippen LogP contribution in [0, 0.1) is 0 Å². The van der Waals surface area contributed by atoms with Crippen LogP contribution < -0.4 is 0 Å². The Morgan fingerprint density at radius 2 is 0.491 bits per heavy atom. The minimum atomic E-state index is -0.122. The lowest BCUT2D eigenvalue weighted by molar-refractivity contribution is 0.659. The van der Waals surface area contributed by atoms with Crippen LogP contribution in [0.4, 0.5) is 0 Å². The average molecular weight is 731 g/mol. The van der Waals surface area contributed by atoms with Crippen LogP contribution in [0.25, 0.3) is 77.9 Å². The zero-order chi connectivity index (χ0) is 38.8. The maximum Gasteiger partial charge on any atom is 0.0159 e. The number of fused-ring (bicyclic) bond motifs is 9. The molecule has 0 heteroatoms. The van der Waals surface area contributed by atoms with Gasteiger partial charge in [0, 0.05) is 16.2 Å². The molecule has 0 aromatic heterocycles. The lowest BCUT2D eigenvalue weighted by atomic mass is 9.79. The highest BCUT2D eigenvalue weighted by atomic mass is 14.4. The van der Waals surface area contributed by atoms with Crippen molar-refractivity contribution in [1.82, 2.24) is 0 Å². The zero-order valence-electron chi connectivity index (χ0n) is 33.7. The second-order valence-electron chi connectivity index (χ2n) is 18.2. The summed E-state index contributed by atoms with van der Waals surface area (Å²) in [6.45, 7) is 14.3. The van der Waals surface area contributed by atoms with Gasteiger partial charge in [0.1, 0.15) is 0 Å². The van der Waals surface area contributed by atoms with Crippen molar-refractivity contribution >= 4 is 0 Å². The van der Waals surface area contributed by atoms with E-state index in [1.54, 1.807) is 0 Å². The molecule has 0 bridgehead atoms. The van der Waals surface area contributed by atoms with Crippen LogP contribution in [0.1, 0.15) is 74.9 Å². The molecule has 3 aliphatic rings. The van der Waals surface area contributed by atoms with Gasteiger partial charge in [-0.3, -0.25) is 0 Å². The molecule has 8 aromatic carbocycles. The predicted octanol–water partition coefficient (Wildman–Crippen LogP) is 15.3. The Labute approximate surface area is 337 Å². The van der Waals surface area contributed by atoms with E-state index in [1.165, 1.54) is 111 Å². The molecule has 0 saturated heterocycles. The maximum absolute atomic E-state index is 2.47. The SMILES string of the molecule is CC1(C)c2ccccc2-c2ccc(-c3ccc4c(c3)C(C)(C)c3cc(-c5ccc6c(c5)C(C)(C)c5cc(-c7cccc(-c8ccccc8)c7)ccc5-6)ccc3-4)cc21. The molecule has 3 aliphatic carbocycles. The molecule has 0 nitrogen and oxygen atoms in total. The van der Waals surface area contributed by atoms with Gasteiger partial charge in [-0.15, -0.1) is 0 Å². The third-order valence-corrected chi connectivity index (χ3v) is 13.9. The quantitative estimate of drug-likeness (QED) is 0.169. The lowest BCUT2D eigenvalue weighted by Crippen LogP contribution is -2.16. The second kappa shape index (κ2) is 11.9. The zero-order valence-corrected chi connectivity index (χ0v) is 33.7. The summed E-state index contributed by atoms with van der Waals surface area (Å²) in [5.74, 6) is 0. The van der Waals surface area contributed by atoms with Crippen LogP contribution in [0.3, 0.4) is 0 Å². The van der Waals surface area contributed by atoms with Crippen LogP contribution >= 0.6 is 0 Å². The maximum atomic E-state index is 2.47. The molecule has 0 atom stereocenters. The van der Waals surface area contributed by atoms with Gasteiger partial charge in [-0.25, -0.2) is 0 Å². The fraction of sp³-hybridized carbons (Fsp3) is 0.158. The van der Waals surface area contributed by atoms with Crippen LogP contribution in [0.2, 0.25) is 0 Å². The molecule has 0 aliphatic heterocycles. The fourth-order valence-electron chi connectivity index (χ4n) is 10.6. The number of hydrogen-bond donors (Lipinski definition) is 0. The molecule has 0 fully saturated rings.